The standard InChI is InChI=1S/C17H22N4/c1-2-9-21(11-13-5-3-6-14(18)10-13)17-15-7-4-8-16(15)19-12-20-17/h3,5-6,10,12H,2,4,7-9,11,18H2,1H3. The van der Waals surface area contributed by atoms with Gasteiger partial charge < -0.3 is 10.6 Å². The van der Waals surface area contributed by atoms with Crippen LogP contribution in [0.5, 0.6) is 0 Å². The van der Waals surface area contributed by atoms with E-state index in [0.717, 1.165) is 43.9 Å². The first-order valence-electron chi connectivity index (χ1n) is 7.70. The minimum Gasteiger partial charge on any atom is -0.399 e. The Kier molecular flexibility index (Phi) is 4.04. The number of hydrogen-bond acceptors (Lipinski definition) is 4. The van der Waals surface area contributed by atoms with E-state index in [0.29, 0.717) is 0 Å². The first-order chi connectivity index (χ1) is 10.3. The van der Waals surface area contributed by atoms with Crippen molar-refractivity contribution in [2.75, 3.05) is 17.2 Å². The molecule has 0 radical (unpaired) electrons. The Bertz CT molecular complexity index is 624. The highest BCUT2D eigenvalue weighted by molar-refractivity contribution is 5.51. The number of rotatable bonds is 5. The lowest BCUT2D eigenvalue weighted by Crippen LogP contribution is -2.26. The van der Waals surface area contributed by atoms with Crippen LogP contribution in [-0.2, 0) is 19.4 Å². The third-order valence-electron chi connectivity index (χ3n) is 3.97. The molecule has 0 amide bonds. The largest absolute Gasteiger partial charge is 0.399 e. The molecule has 4 heteroatoms. The van der Waals surface area contributed by atoms with Gasteiger partial charge in [-0.25, -0.2) is 9.97 Å². The van der Waals surface area contributed by atoms with Crippen molar-refractivity contribution in [1.29, 1.82) is 0 Å². The van der Waals surface area contributed by atoms with Crippen LogP contribution < -0.4 is 10.6 Å². The average Bonchev–Trinajstić information content (AvgIpc) is 2.95. The van der Waals surface area contributed by atoms with E-state index in [1.54, 1.807) is 6.33 Å². The van der Waals surface area contributed by atoms with Crippen LogP contribution in [-0.4, -0.2) is 16.5 Å². The van der Waals surface area contributed by atoms with Gasteiger partial charge in [0.15, 0.2) is 0 Å². The van der Waals surface area contributed by atoms with E-state index in [-0.39, 0.29) is 0 Å². The van der Waals surface area contributed by atoms with Gasteiger partial charge in [0.05, 0.1) is 0 Å². The molecule has 1 heterocycles. The average molecular weight is 282 g/mol. The van der Waals surface area contributed by atoms with E-state index in [1.807, 2.05) is 18.2 Å². The summed E-state index contributed by atoms with van der Waals surface area (Å²) >= 11 is 0. The van der Waals surface area contributed by atoms with Crippen LogP contribution in [0.3, 0.4) is 0 Å². The number of fused-ring (bicyclic) bond motifs is 1. The SMILES string of the molecule is CCCN(Cc1cccc(N)c1)c1ncnc2c1CCC2. The molecule has 1 aromatic heterocycles. The molecule has 0 fully saturated rings. The van der Waals surface area contributed by atoms with E-state index >= 15 is 0 Å². The molecular formula is C17H22N4. The summed E-state index contributed by atoms with van der Waals surface area (Å²) in [5, 5.41) is 0. The fourth-order valence-corrected chi connectivity index (χ4v) is 3.06. The van der Waals surface area contributed by atoms with Crippen LogP contribution in [0.1, 0.15) is 36.6 Å². The fraction of sp³-hybridized carbons (Fsp3) is 0.412. The maximum absolute atomic E-state index is 5.89. The van der Waals surface area contributed by atoms with Crippen LogP contribution >= 0.6 is 0 Å². The molecule has 0 aliphatic heterocycles. The molecule has 1 aliphatic carbocycles. The maximum Gasteiger partial charge on any atom is 0.135 e. The zero-order valence-corrected chi connectivity index (χ0v) is 12.5. The summed E-state index contributed by atoms with van der Waals surface area (Å²) < 4.78 is 0. The first-order valence-corrected chi connectivity index (χ1v) is 7.70. The van der Waals surface area contributed by atoms with Gasteiger partial charge in [0, 0.05) is 30.0 Å². The first kappa shape index (κ1) is 13.9. The third kappa shape index (κ3) is 2.99. The summed E-state index contributed by atoms with van der Waals surface area (Å²) in [5.41, 5.74) is 10.5. The van der Waals surface area contributed by atoms with E-state index in [1.165, 1.54) is 23.2 Å². The third-order valence-corrected chi connectivity index (χ3v) is 3.97. The second-order valence-corrected chi connectivity index (χ2v) is 5.64. The zero-order valence-electron chi connectivity index (χ0n) is 12.5. The summed E-state index contributed by atoms with van der Waals surface area (Å²) in [7, 11) is 0. The Hall–Kier alpha value is -2.10. The molecule has 1 aliphatic rings. The molecule has 2 N–H and O–H groups in total. The molecule has 3 rings (SSSR count). The molecule has 0 saturated carbocycles. The summed E-state index contributed by atoms with van der Waals surface area (Å²) in [6.07, 6.45) is 6.19. The van der Waals surface area contributed by atoms with Gasteiger partial charge in [0.1, 0.15) is 12.1 Å². The molecule has 0 atom stereocenters. The molecule has 4 nitrogen and oxygen atoms in total. The van der Waals surface area contributed by atoms with Crippen LogP contribution in [0, 0.1) is 0 Å². The molecule has 21 heavy (non-hydrogen) atoms. The number of hydrogen-bond donors (Lipinski definition) is 1. The van der Waals surface area contributed by atoms with Crippen molar-refractivity contribution in [2.45, 2.75) is 39.2 Å². The van der Waals surface area contributed by atoms with Crippen LogP contribution in [0.15, 0.2) is 30.6 Å². The van der Waals surface area contributed by atoms with Crippen molar-refractivity contribution < 1.29 is 0 Å². The number of aryl methyl sites for hydroxylation is 1. The van der Waals surface area contributed by atoms with Crippen LogP contribution in [0.25, 0.3) is 0 Å². The minimum absolute atomic E-state index is 0.817. The van der Waals surface area contributed by atoms with Gasteiger partial charge >= 0.3 is 0 Å². The number of benzene rings is 1. The van der Waals surface area contributed by atoms with Gasteiger partial charge in [-0.3, -0.25) is 0 Å². The summed E-state index contributed by atoms with van der Waals surface area (Å²) in [6, 6.07) is 8.11. The lowest BCUT2D eigenvalue weighted by atomic mass is 10.1. The predicted octanol–water partition coefficient (Wildman–Crippen LogP) is 2.96. The maximum atomic E-state index is 5.89. The Balaban J connectivity index is 1.90. The highest BCUT2D eigenvalue weighted by Gasteiger charge is 2.20. The van der Waals surface area contributed by atoms with Gasteiger partial charge in [-0.2, -0.15) is 0 Å². The van der Waals surface area contributed by atoms with Crippen molar-refractivity contribution in [1.82, 2.24) is 9.97 Å². The quantitative estimate of drug-likeness (QED) is 0.857. The van der Waals surface area contributed by atoms with Crippen molar-refractivity contribution in [2.24, 2.45) is 0 Å². The molecule has 0 unspecified atom stereocenters. The van der Waals surface area contributed by atoms with Gasteiger partial charge in [-0.15, -0.1) is 0 Å². The molecule has 110 valence electrons. The van der Waals surface area contributed by atoms with Gasteiger partial charge in [-0.05, 0) is 43.4 Å². The minimum atomic E-state index is 0.817. The highest BCUT2D eigenvalue weighted by atomic mass is 15.2. The van der Waals surface area contributed by atoms with E-state index in [9.17, 15) is 0 Å². The zero-order chi connectivity index (χ0) is 14.7. The number of nitrogens with zero attached hydrogens (tertiary/aromatic N) is 3. The van der Waals surface area contributed by atoms with Crippen LogP contribution in [0.4, 0.5) is 11.5 Å². The van der Waals surface area contributed by atoms with E-state index in [4.69, 9.17) is 5.73 Å². The molecule has 0 saturated heterocycles. The second kappa shape index (κ2) is 6.12. The van der Waals surface area contributed by atoms with Crippen molar-refractivity contribution in [3.63, 3.8) is 0 Å². The van der Waals surface area contributed by atoms with Crippen LogP contribution in [0.2, 0.25) is 0 Å². The normalized spacial score (nSPS) is 13.2. The van der Waals surface area contributed by atoms with Gasteiger partial charge in [0.25, 0.3) is 0 Å². The fourth-order valence-electron chi connectivity index (χ4n) is 3.06. The Morgan fingerprint density at radius 1 is 1.24 bits per heavy atom. The lowest BCUT2D eigenvalue weighted by Gasteiger charge is -2.25. The predicted molar refractivity (Wildman–Crippen MR) is 86.3 cm³/mol. The Morgan fingerprint density at radius 3 is 2.95 bits per heavy atom. The molecule has 0 bridgehead atoms. The highest BCUT2D eigenvalue weighted by Crippen LogP contribution is 2.29. The molecule has 2 aromatic rings. The Morgan fingerprint density at radius 2 is 2.14 bits per heavy atom. The number of anilines is 2. The van der Waals surface area contributed by atoms with E-state index < -0.39 is 0 Å². The van der Waals surface area contributed by atoms with E-state index in [2.05, 4.69) is 27.9 Å². The lowest BCUT2D eigenvalue weighted by molar-refractivity contribution is 0.746. The summed E-state index contributed by atoms with van der Waals surface area (Å²) in [6.45, 7) is 4.05. The van der Waals surface area contributed by atoms with Gasteiger partial charge in [-0.1, -0.05) is 19.1 Å². The summed E-state index contributed by atoms with van der Waals surface area (Å²) in [5.74, 6) is 1.11. The second-order valence-electron chi connectivity index (χ2n) is 5.64. The summed E-state index contributed by atoms with van der Waals surface area (Å²) in [4.78, 5) is 11.4. The Labute approximate surface area is 126 Å². The smallest absolute Gasteiger partial charge is 0.135 e. The van der Waals surface area contributed by atoms with Crippen molar-refractivity contribution in [3.8, 4) is 0 Å². The number of nitrogens with two attached hydrogens (primary N) is 1. The van der Waals surface area contributed by atoms with Crippen molar-refractivity contribution >= 4 is 11.5 Å². The molecule has 0 spiro atoms. The number of nitrogen functional groups attached to an aromatic ring is 1. The van der Waals surface area contributed by atoms with Gasteiger partial charge in [0.2, 0.25) is 0 Å². The van der Waals surface area contributed by atoms with Crippen molar-refractivity contribution in [3.05, 3.63) is 47.4 Å². The topological polar surface area (TPSA) is 55.0 Å². The number of aromatic nitrogens is 2. The molecule has 1 aromatic carbocycles. The monoisotopic (exact) mass is 282 g/mol. The molecular weight excluding hydrogens is 260 g/mol.